The molecule has 1 aliphatic heterocycles. The van der Waals surface area contributed by atoms with Crippen molar-refractivity contribution in [1.29, 1.82) is 0 Å². The molecule has 28 heavy (non-hydrogen) atoms. The molecule has 0 atom stereocenters. The minimum Gasteiger partial charge on any atom is -0.351 e. The summed E-state index contributed by atoms with van der Waals surface area (Å²) in [5, 5.41) is 3.34. The van der Waals surface area contributed by atoms with Crippen LogP contribution in [-0.2, 0) is 6.18 Å². The fourth-order valence-corrected chi connectivity index (χ4v) is 4.45. The molecule has 0 radical (unpaired) electrons. The third-order valence-corrected chi connectivity index (χ3v) is 6.18. The van der Waals surface area contributed by atoms with Crippen molar-refractivity contribution in [2.24, 2.45) is 0 Å². The summed E-state index contributed by atoms with van der Waals surface area (Å²) in [6.07, 6.45) is -1.16. The van der Waals surface area contributed by atoms with E-state index in [2.05, 4.69) is 15.2 Å². The van der Waals surface area contributed by atoms with Crippen LogP contribution in [0.25, 0.3) is 10.6 Å². The molecular formula is C19H21ClF3N3OS. The number of alkyl halides is 3. The van der Waals surface area contributed by atoms with Crippen LogP contribution >= 0.6 is 22.9 Å². The zero-order valence-electron chi connectivity index (χ0n) is 15.4. The van der Waals surface area contributed by atoms with E-state index in [4.69, 9.17) is 11.6 Å². The molecule has 1 aromatic heterocycles. The lowest BCUT2D eigenvalue weighted by molar-refractivity contribution is -0.137. The number of hydrogen-bond donors (Lipinski definition) is 1. The standard InChI is InChI=1S/C19H21ClF3N3OS/c1-12-16(17(27)24-7-4-10-26-8-2-3-9-26)28-18(25-12)14-11-13(19(21,22)23)5-6-15(14)20/h5-6,11H,2-4,7-10H2,1H3,(H,24,27). The van der Waals surface area contributed by atoms with Gasteiger partial charge in [-0.25, -0.2) is 4.98 Å². The number of likely N-dealkylation sites (tertiary alicyclic amines) is 1. The zero-order valence-corrected chi connectivity index (χ0v) is 17.0. The molecule has 152 valence electrons. The number of rotatable bonds is 6. The first-order valence-corrected chi connectivity index (χ1v) is 10.3. The second kappa shape index (κ2) is 8.80. The van der Waals surface area contributed by atoms with Crippen molar-refractivity contribution in [2.45, 2.75) is 32.4 Å². The molecule has 3 rings (SSSR count). The Morgan fingerprint density at radius 3 is 2.71 bits per heavy atom. The number of carbonyl (C=O) groups excluding carboxylic acids is 1. The van der Waals surface area contributed by atoms with E-state index in [0.717, 1.165) is 49.5 Å². The van der Waals surface area contributed by atoms with Gasteiger partial charge in [0.2, 0.25) is 0 Å². The summed E-state index contributed by atoms with van der Waals surface area (Å²) in [6, 6.07) is 3.10. The van der Waals surface area contributed by atoms with Gasteiger partial charge < -0.3 is 10.2 Å². The summed E-state index contributed by atoms with van der Waals surface area (Å²) in [5.41, 5.74) is -0.143. The second-order valence-electron chi connectivity index (χ2n) is 6.78. The van der Waals surface area contributed by atoms with Gasteiger partial charge in [-0.2, -0.15) is 13.2 Å². The van der Waals surface area contributed by atoms with E-state index in [1.54, 1.807) is 6.92 Å². The Morgan fingerprint density at radius 2 is 2.04 bits per heavy atom. The summed E-state index contributed by atoms with van der Waals surface area (Å²) < 4.78 is 39.0. The van der Waals surface area contributed by atoms with E-state index in [9.17, 15) is 18.0 Å². The molecule has 0 spiro atoms. The number of carbonyl (C=O) groups is 1. The Bertz CT molecular complexity index is 847. The minimum absolute atomic E-state index is 0.166. The molecule has 9 heteroatoms. The Balaban J connectivity index is 1.68. The van der Waals surface area contributed by atoms with Gasteiger partial charge in [-0.15, -0.1) is 11.3 Å². The molecular weight excluding hydrogens is 411 g/mol. The lowest BCUT2D eigenvalue weighted by Gasteiger charge is -2.14. The lowest BCUT2D eigenvalue weighted by Crippen LogP contribution is -2.28. The third kappa shape index (κ3) is 5.04. The Hall–Kier alpha value is -1.64. The molecule has 0 aliphatic carbocycles. The maximum Gasteiger partial charge on any atom is 0.416 e. The number of amides is 1. The lowest BCUT2D eigenvalue weighted by atomic mass is 10.1. The van der Waals surface area contributed by atoms with E-state index in [0.29, 0.717) is 22.1 Å². The van der Waals surface area contributed by atoms with Crippen molar-refractivity contribution in [3.8, 4) is 10.6 Å². The molecule has 0 saturated carbocycles. The molecule has 0 unspecified atom stereocenters. The van der Waals surface area contributed by atoms with Gasteiger partial charge in [-0.1, -0.05) is 11.6 Å². The van der Waals surface area contributed by atoms with E-state index < -0.39 is 11.7 Å². The van der Waals surface area contributed by atoms with Gasteiger partial charge in [0.1, 0.15) is 9.88 Å². The SMILES string of the molecule is Cc1nc(-c2cc(C(F)(F)F)ccc2Cl)sc1C(=O)NCCCN1CCCC1. The number of aryl methyl sites for hydroxylation is 1. The van der Waals surface area contributed by atoms with Crippen LogP contribution in [0.15, 0.2) is 18.2 Å². The normalized spacial score (nSPS) is 15.2. The fourth-order valence-electron chi connectivity index (χ4n) is 3.18. The van der Waals surface area contributed by atoms with Crippen LogP contribution in [0.2, 0.25) is 5.02 Å². The Labute approximate surface area is 170 Å². The molecule has 1 aliphatic rings. The second-order valence-corrected chi connectivity index (χ2v) is 8.19. The number of aromatic nitrogens is 1. The topological polar surface area (TPSA) is 45.2 Å². The summed E-state index contributed by atoms with van der Waals surface area (Å²) in [4.78, 5) is 19.5. The summed E-state index contributed by atoms with van der Waals surface area (Å²) in [5.74, 6) is -0.259. The van der Waals surface area contributed by atoms with Crippen molar-refractivity contribution in [3.05, 3.63) is 39.4 Å². The number of halogens is 4. The average Bonchev–Trinajstić information content (AvgIpc) is 3.27. The highest BCUT2D eigenvalue weighted by molar-refractivity contribution is 7.17. The number of hydrogen-bond acceptors (Lipinski definition) is 4. The summed E-state index contributed by atoms with van der Waals surface area (Å²) in [7, 11) is 0. The highest BCUT2D eigenvalue weighted by Gasteiger charge is 2.31. The van der Waals surface area contributed by atoms with Gasteiger partial charge in [-0.3, -0.25) is 4.79 Å². The Kier molecular flexibility index (Phi) is 6.62. The maximum atomic E-state index is 13.0. The number of nitrogens with zero attached hydrogens (tertiary/aromatic N) is 2. The molecule has 2 aromatic rings. The molecule has 1 fully saturated rings. The van der Waals surface area contributed by atoms with Crippen LogP contribution < -0.4 is 5.32 Å². The van der Waals surface area contributed by atoms with Gasteiger partial charge >= 0.3 is 6.18 Å². The monoisotopic (exact) mass is 431 g/mol. The van der Waals surface area contributed by atoms with Crippen LogP contribution in [0.3, 0.4) is 0 Å². The van der Waals surface area contributed by atoms with Crippen LogP contribution in [0.4, 0.5) is 13.2 Å². The van der Waals surface area contributed by atoms with Gasteiger partial charge in [0, 0.05) is 12.1 Å². The van der Waals surface area contributed by atoms with Gasteiger partial charge in [0.05, 0.1) is 16.3 Å². The molecule has 1 aromatic carbocycles. The van der Waals surface area contributed by atoms with Crippen LogP contribution in [-0.4, -0.2) is 42.0 Å². The van der Waals surface area contributed by atoms with E-state index in [-0.39, 0.29) is 16.5 Å². The van der Waals surface area contributed by atoms with Crippen LogP contribution in [0, 0.1) is 6.92 Å². The number of thiazole rings is 1. The Morgan fingerprint density at radius 1 is 1.32 bits per heavy atom. The van der Waals surface area contributed by atoms with Crippen LogP contribution in [0.5, 0.6) is 0 Å². The molecule has 1 N–H and O–H groups in total. The minimum atomic E-state index is -4.47. The van der Waals surface area contributed by atoms with E-state index in [1.165, 1.54) is 18.9 Å². The van der Waals surface area contributed by atoms with Crippen molar-refractivity contribution in [3.63, 3.8) is 0 Å². The first-order valence-electron chi connectivity index (χ1n) is 9.11. The maximum absolute atomic E-state index is 13.0. The highest BCUT2D eigenvalue weighted by Crippen LogP contribution is 2.38. The predicted octanol–water partition coefficient (Wildman–Crippen LogP) is 5.01. The number of benzene rings is 1. The largest absolute Gasteiger partial charge is 0.416 e. The molecule has 1 amide bonds. The highest BCUT2D eigenvalue weighted by atomic mass is 35.5. The van der Waals surface area contributed by atoms with Gasteiger partial charge in [0.25, 0.3) is 5.91 Å². The van der Waals surface area contributed by atoms with E-state index in [1.807, 2.05) is 0 Å². The first-order chi connectivity index (χ1) is 13.3. The molecule has 0 bridgehead atoms. The van der Waals surface area contributed by atoms with Gasteiger partial charge in [-0.05, 0) is 64.0 Å². The molecule has 4 nitrogen and oxygen atoms in total. The molecule has 1 saturated heterocycles. The third-order valence-electron chi connectivity index (χ3n) is 4.66. The van der Waals surface area contributed by atoms with E-state index >= 15 is 0 Å². The van der Waals surface area contributed by atoms with Crippen molar-refractivity contribution in [1.82, 2.24) is 15.2 Å². The molecule has 2 heterocycles. The van der Waals surface area contributed by atoms with Gasteiger partial charge in [0.15, 0.2) is 0 Å². The smallest absolute Gasteiger partial charge is 0.351 e. The average molecular weight is 432 g/mol. The van der Waals surface area contributed by atoms with Crippen molar-refractivity contribution in [2.75, 3.05) is 26.2 Å². The number of nitrogens with one attached hydrogen (secondary N) is 1. The zero-order chi connectivity index (χ0) is 20.3. The van der Waals surface area contributed by atoms with Crippen molar-refractivity contribution < 1.29 is 18.0 Å². The fraction of sp³-hybridized carbons (Fsp3) is 0.474. The summed E-state index contributed by atoms with van der Waals surface area (Å²) in [6.45, 7) is 5.39. The summed E-state index contributed by atoms with van der Waals surface area (Å²) >= 11 is 7.13. The predicted molar refractivity (Wildman–Crippen MR) is 105 cm³/mol. The van der Waals surface area contributed by atoms with Crippen molar-refractivity contribution >= 4 is 28.8 Å². The van der Waals surface area contributed by atoms with Crippen LogP contribution in [0.1, 0.15) is 40.2 Å². The quantitative estimate of drug-likeness (QED) is 0.654. The first kappa shape index (κ1) is 21.1.